The zero-order chi connectivity index (χ0) is 30.3. The van der Waals surface area contributed by atoms with Crippen LogP contribution in [0.2, 0.25) is 0 Å². The molecule has 0 radical (unpaired) electrons. The molecule has 2 aliphatic heterocycles. The van der Waals surface area contributed by atoms with Crippen LogP contribution in [0.5, 0.6) is 11.5 Å². The molecule has 3 heterocycles. The van der Waals surface area contributed by atoms with Gasteiger partial charge in [0.05, 0.1) is 25.6 Å². The summed E-state index contributed by atoms with van der Waals surface area (Å²) >= 11 is 0. The van der Waals surface area contributed by atoms with E-state index in [1.165, 1.54) is 6.42 Å². The van der Waals surface area contributed by atoms with Crippen LogP contribution in [0.4, 0.5) is 0 Å². The molecule has 2 saturated heterocycles. The zero-order valence-corrected chi connectivity index (χ0v) is 27.9. The predicted octanol–water partition coefficient (Wildman–Crippen LogP) is 4.27. The van der Waals surface area contributed by atoms with Gasteiger partial charge in [-0.15, -0.1) is 24.8 Å². The monoisotopic (exact) mass is 662 g/mol. The van der Waals surface area contributed by atoms with E-state index in [1.54, 1.807) is 31.4 Å². The largest absolute Gasteiger partial charge is 0.497 e. The number of fused-ring (bicyclic) bond motifs is 1. The number of carbonyl (C=O) groups is 3. The lowest BCUT2D eigenvalue weighted by atomic mass is 10.1. The molecule has 5 rings (SSSR count). The lowest BCUT2D eigenvalue weighted by molar-refractivity contribution is -0.134. The quantitative estimate of drug-likeness (QED) is 0.235. The average Bonchev–Trinajstić information content (AvgIpc) is 3.26. The summed E-state index contributed by atoms with van der Waals surface area (Å²) in [6, 6.07) is 12.3. The summed E-state index contributed by atoms with van der Waals surface area (Å²) in [5.41, 5.74) is 3.31. The van der Waals surface area contributed by atoms with Gasteiger partial charge in [-0.05, 0) is 74.2 Å². The summed E-state index contributed by atoms with van der Waals surface area (Å²) in [5.74, 6) is 0.542. The van der Waals surface area contributed by atoms with E-state index in [9.17, 15) is 14.4 Å². The molecule has 0 aliphatic carbocycles. The molecular weight excluding hydrogens is 619 g/mol. The summed E-state index contributed by atoms with van der Waals surface area (Å²) in [5, 5.41) is 0.958. The number of amides is 1. The van der Waals surface area contributed by atoms with Crippen molar-refractivity contribution in [3.63, 3.8) is 0 Å². The van der Waals surface area contributed by atoms with Crippen LogP contribution >= 0.6 is 24.8 Å². The molecule has 0 saturated carbocycles. The van der Waals surface area contributed by atoms with Crippen LogP contribution in [0.3, 0.4) is 0 Å². The number of nitrogens with zero attached hydrogens (tertiary/aromatic N) is 4. The van der Waals surface area contributed by atoms with Gasteiger partial charge in [0.1, 0.15) is 18.1 Å². The van der Waals surface area contributed by atoms with Crippen molar-refractivity contribution in [1.29, 1.82) is 0 Å². The Hall–Kier alpha value is -3.31. The number of aromatic nitrogens is 1. The molecule has 2 aromatic carbocycles. The maximum atomic E-state index is 12.8. The van der Waals surface area contributed by atoms with E-state index in [4.69, 9.17) is 14.2 Å². The van der Waals surface area contributed by atoms with E-state index in [1.807, 2.05) is 37.1 Å². The van der Waals surface area contributed by atoms with Crippen LogP contribution in [0.15, 0.2) is 42.5 Å². The average molecular weight is 664 g/mol. The van der Waals surface area contributed by atoms with Crippen LogP contribution in [0, 0.1) is 6.92 Å². The Balaban J connectivity index is 0.00000276. The topological polar surface area (TPSA) is 93.5 Å². The van der Waals surface area contributed by atoms with Crippen LogP contribution in [-0.2, 0) is 27.8 Å². The lowest BCUT2D eigenvalue weighted by Gasteiger charge is -2.35. The second-order valence-corrected chi connectivity index (χ2v) is 11.4. The maximum absolute atomic E-state index is 12.8. The van der Waals surface area contributed by atoms with Crippen molar-refractivity contribution in [2.24, 2.45) is 7.05 Å². The number of rotatable bonds is 10. The van der Waals surface area contributed by atoms with E-state index >= 15 is 0 Å². The molecule has 0 N–H and O–H groups in total. The molecular formula is C33H44Cl2N4O6. The van der Waals surface area contributed by atoms with Gasteiger partial charge in [-0.25, -0.2) is 4.79 Å². The fourth-order valence-corrected chi connectivity index (χ4v) is 5.90. The van der Waals surface area contributed by atoms with Crippen molar-refractivity contribution in [2.75, 3.05) is 66.1 Å². The number of methoxy groups -OCH3 is 1. The van der Waals surface area contributed by atoms with Gasteiger partial charge in [0.25, 0.3) is 0 Å². The maximum Gasteiger partial charge on any atom is 0.338 e. The smallest absolute Gasteiger partial charge is 0.338 e. The Morgan fingerprint density at radius 1 is 0.822 bits per heavy atom. The highest BCUT2D eigenvalue weighted by molar-refractivity contribution is 5.91. The van der Waals surface area contributed by atoms with Crippen molar-refractivity contribution in [1.82, 2.24) is 19.3 Å². The van der Waals surface area contributed by atoms with Gasteiger partial charge in [0.2, 0.25) is 5.91 Å². The lowest BCUT2D eigenvalue weighted by Crippen LogP contribution is -2.51. The fraction of sp³-hybridized carbons (Fsp3) is 0.485. The molecule has 3 aromatic rings. The number of piperazine rings is 1. The third-order valence-corrected chi connectivity index (χ3v) is 8.65. The minimum Gasteiger partial charge on any atom is -0.497 e. The highest BCUT2D eigenvalue weighted by atomic mass is 35.5. The number of hydrogen-bond donors (Lipinski definition) is 0. The van der Waals surface area contributed by atoms with E-state index in [0.29, 0.717) is 24.4 Å². The van der Waals surface area contributed by atoms with Gasteiger partial charge in [-0.3, -0.25) is 19.4 Å². The Bertz CT molecular complexity index is 1450. The van der Waals surface area contributed by atoms with E-state index in [2.05, 4.69) is 14.4 Å². The first-order chi connectivity index (χ1) is 20.8. The fourth-order valence-electron chi connectivity index (χ4n) is 5.90. The Labute approximate surface area is 277 Å². The number of benzene rings is 2. The molecule has 0 bridgehead atoms. The first kappa shape index (κ1) is 36.2. The molecule has 10 nitrogen and oxygen atoms in total. The van der Waals surface area contributed by atoms with Crippen molar-refractivity contribution < 1.29 is 28.6 Å². The number of likely N-dealkylation sites (tertiary alicyclic amines) is 1. The highest BCUT2D eigenvalue weighted by Gasteiger charge is 2.23. The first-order valence-corrected chi connectivity index (χ1v) is 15.1. The molecule has 1 amide bonds. The number of aryl methyl sites for hydroxylation is 1. The van der Waals surface area contributed by atoms with Gasteiger partial charge in [-0.1, -0.05) is 0 Å². The molecule has 2 fully saturated rings. The van der Waals surface area contributed by atoms with E-state index < -0.39 is 5.97 Å². The molecule has 0 unspecified atom stereocenters. The Morgan fingerprint density at radius 3 is 2.13 bits per heavy atom. The summed E-state index contributed by atoms with van der Waals surface area (Å²) in [7, 11) is 3.59. The van der Waals surface area contributed by atoms with Crippen LogP contribution < -0.4 is 9.47 Å². The third kappa shape index (κ3) is 9.13. The number of halogens is 2. The number of esters is 2. The number of hydrogen-bond acceptors (Lipinski definition) is 8. The number of ether oxygens (including phenoxy) is 3. The van der Waals surface area contributed by atoms with Gasteiger partial charge < -0.3 is 23.7 Å². The molecule has 0 spiro atoms. The van der Waals surface area contributed by atoms with Crippen LogP contribution in [-0.4, -0.2) is 103 Å². The third-order valence-electron chi connectivity index (χ3n) is 8.65. The van der Waals surface area contributed by atoms with Crippen LogP contribution in [0.25, 0.3) is 10.9 Å². The van der Waals surface area contributed by atoms with Gasteiger partial charge in [0.15, 0.2) is 0 Å². The number of carbonyl (C=O) groups excluding carboxylic acids is 3. The molecule has 2 aliphatic rings. The van der Waals surface area contributed by atoms with Gasteiger partial charge >= 0.3 is 11.9 Å². The molecule has 45 heavy (non-hydrogen) atoms. The molecule has 0 atom stereocenters. The summed E-state index contributed by atoms with van der Waals surface area (Å²) in [6.07, 6.45) is 3.55. The molecule has 246 valence electrons. The van der Waals surface area contributed by atoms with E-state index in [0.717, 1.165) is 80.0 Å². The summed E-state index contributed by atoms with van der Waals surface area (Å²) < 4.78 is 18.5. The molecule has 1 aromatic heterocycles. The van der Waals surface area contributed by atoms with Crippen LogP contribution in [0.1, 0.15) is 40.9 Å². The number of piperidine rings is 1. The normalized spacial score (nSPS) is 15.6. The van der Waals surface area contributed by atoms with Crippen molar-refractivity contribution in [3.05, 3.63) is 59.3 Å². The Kier molecular flexibility index (Phi) is 13.5. The summed E-state index contributed by atoms with van der Waals surface area (Å²) in [4.78, 5) is 44.4. The van der Waals surface area contributed by atoms with E-state index in [-0.39, 0.29) is 49.7 Å². The summed E-state index contributed by atoms with van der Waals surface area (Å²) in [6.45, 7) is 8.55. The Morgan fingerprint density at radius 2 is 1.47 bits per heavy atom. The van der Waals surface area contributed by atoms with Crippen molar-refractivity contribution >= 4 is 53.6 Å². The van der Waals surface area contributed by atoms with Crippen molar-refractivity contribution in [3.8, 4) is 11.5 Å². The molecule has 12 heteroatoms. The SMILES string of the molecule is COc1ccc2c(c1)c(CC(=O)Oc1ccc(C(=O)OCCN3CCN(CC(=O)N4CCCCC4)CC3)cc1)c(C)n2C.Cl.Cl. The predicted molar refractivity (Wildman–Crippen MR) is 178 cm³/mol. The second-order valence-electron chi connectivity index (χ2n) is 11.4. The van der Waals surface area contributed by atoms with Gasteiger partial charge in [0, 0.05) is 69.5 Å². The first-order valence-electron chi connectivity index (χ1n) is 15.1. The second kappa shape index (κ2) is 16.8. The van der Waals surface area contributed by atoms with Crippen molar-refractivity contribution in [2.45, 2.75) is 32.6 Å². The minimum atomic E-state index is -0.413. The highest BCUT2D eigenvalue weighted by Crippen LogP contribution is 2.29. The standard InChI is InChI=1S/C33H42N4O6.2ClH/c1-24-28(29-21-27(41-3)11-12-30(29)34(24)2)22-32(39)43-26-9-7-25(8-10-26)33(40)42-20-19-35-15-17-36(18-16-35)23-31(38)37-13-5-4-6-14-37;;/h7-12,21H,4-6,13-20,22-23H2,1-3H3;2*1H. The minimum absolute atomic E-state index is 0. The zero-order valence-electron chi connectivity index (χ0n) is 26.3. The van der Waals surface area contributed by atoms with Gasteiger partial charge in [-0.2, -0.15) is 0 Å².